The number of ether oxygens (including phenoxy) is 1. The van der Waals surface area contributed by atoms with Gasteiger partial charge < -0.3 is 24.4 Å². The number of likely N-dealkylation sites (tertiary alicyclic amines) is 2. The molecule has 2 atom stereocenters. The van der Waals surface area contributed by atoms with Crippen molar-refractivity contribution >= 4 is 51.7 Å². The van der Waals surface area contributed by atoms with Crippen LogP contribution in [0.3, 0.4) is 0 Å². The SMILES string of the molecule is O=C1CCC(Nc2ccc(C3CCN(CC(=O)N4CCC(Oc5ccc(-c6cc(F)c7c(c6)C(=O)N(C(C(=O)Nc6nccs6)c6ncn8c6CCC8)C7)cc5)CC4)CC3)nc2)C(=O)N1. The summed E-state index contributed by atoms with van der Waals surface area (Å²) in [5, 5.41) is 10.5. The van der Waals surface area contributed by atoms with Gasteiger partial charge in [-0.3, -0.25) is 44.5 Å². The van der Waals surface area contributed by atoms with Crippen molar-refractivity contribution in [3.8, 4) is 16.9 Å². The van der Waals surface area contributed by atoms with Gasteiger partial charge in [0.05, 0.1) is 37.0 Å². The minimum absolute atomic E-state index is 0.0583. The molecule has 3 aromatic heterocycles. The van der Waals surface area contributed by atoms with Crippen LogP contribution in [-0.2, 0) is 38.7 Å². The van der Waals surface area contributed by atoms with Crippen LogP contribution in [-0.4, -0.2) is 109 Å². The van der Waals surface area contributed by atoms with Gasteiger partial charge in [0.1, 0.15) is 23.7 Å². The summed E-state index contributed by atoms with van der Waals surface area (Å²) in [4.78, 5) is 83.8. The standard InChI is InChI=1S/C47H49FN10O6S/c48-36-23-30(22-34-35(36)25-58(46(34)63)43(45(62)54-47-49-15-21-65-47)42-39-2-1-16-57(39)27-51-42)28-3-6-32(7-4-28)64-33-13-19-56(20-14-33)41(60)26-55-17-11-29(12-18-55)37-8-5-31(24-50-37)52-38-9-10-40(59)53-44(38)61/h3-8,15,21-24,27,29,33,38,43,52H,1-2,9-14,16-20,25-26H2,(H,49,54,62)(H,53,59,61). The summed E-state index contributed by atoms with van der Waals surface area (Å²) in [6.45, 7) is 3.93. The third kappa shape index (κ3) is 8.96. The summed E-state index contributed by atoms with van der Waals surface area (Å²) in [5.74, 6) is -0.874. The van der Waals surface area contributed by atoms with Gasteiger partial charge in [-0.2, -0.15) is 0 Å². The summed E-state index contributed by atoms with van der Waals surface area (Å²) in [5.41, 5.74) is 4.87. The lowest BCUT2D eigenvalue weighted by atomic mass is 9.93. The number of carbonyl (C=O) groups is 5. The van der Waals surface area contributed by atoms with Gasteiger partial charge in [-0.25, -0.2) is 14.4 Å². The number of nitrogens with one attached hydrogen (secondary N) is 3. The lowest BCUT2D eigenvalue weighted by molar-refractivity contribution is -0.135. The zero-order valence-corrected chi connectivity index (χ0v) is 36.5. The van der Waals surface area contributed by atoms with E-state index in [0.717, 1.165) is 62.4 Å². The van der Waals surface area contributed by atoms with E-state index in [-0.39, 0.29) is 41.5 Å². The molecule has 5 aromatic rings. The first-order valence-electron chi connectivity index (χ1n) is 22.3. The molecule has 16 nitrogen and oxygen atoms in total. The molecule has 0 spiro atoms. The number of nitrogens with zero attached hydrogens (tertiary/aromatic N) is 7. The minimum atomic E-state index is -1.06. The fourth-order valence-corrected chi connectivity index (χ4v) is 10.3. The fourth-order valence-electron chi connectivity index (χ4n) is 9.75. The second-order valence-corrected chi connectivity index (χ2v) is 18.3. The first-order chi connectivity index (χ1) is 31.6. The Kier molecular flexibility index (Phi) is 11.8. The van der Waals surface area contributed by atoms with E-state index >= 15 is 4.39 Å². The Labute approximate surface area is 378 Å². The van der Waals surface area contributed by atoms with Gasteiger partial charge >= 0.3 is 0 Å². The van der Waals surface area contributed by atoms with Crippen LogP contribution in [0, 0.1) is 5.82 Å². The molecule has 5 aliphatic heterocycles. The third-order valence-corrected chi connectivity index (χ3v) is 14.0. The summed E-state index contributed by atoms with van der Waals surface area (Å²) >= 11 is 1.27. The molecule has 2 unspecified atom stereocenters. The molecule has 3 N–H and O–H groups in total. The largest absolute Gasteiger partial charge is 0.490 e. The van der Waals surface area contributed by atoms with Crippen LogP contribution >= 0.6 is 11.3 Å². The summed E-state index contributed by atoms with van der Waals surface area (Å²) in [6.07, 6.45) is 10.6. The molecule has 0 bridgehead atoms. The smallest absolute Gasteiger partial charge is 0.255 e. The molecule has 5 aliphatic rings. The lowest BCUT2D eigenvalue weighted by Crippen LogP contribution is -2.47. The van der Waals surface area contributed by atoms with Crippen molar-refractivity contribution in [1.29, 1.82) is 0 Å². The number of imide groups is 1. The number of pyridine rings is 1. The number of amides is 5. The van der Waals surface area contributed by atoms with Crippen molar-refractivity contribution < 1.29 is 33.1 Å². The molecule has 336 valence electrons. The Morgan fingerprint density at radius 1 is 0.908 bits per heavy atom. The molecule has 0 aliphatic carbocycles. The number of hydrogen-bond donors (Lipinski definition) is 3. The van der Waals surface area contributed by atoms with Gasteiger partial charge in [0.2, 0.25) is 17.7 Å². The van der Waals surface area contributed by atoms with Gasteiger partial charge in [0.25, 0.3) is 11.8 Å². The average Bonchev–Trinajstić information content (AvgIpc) is 4.14. The maximum Gasteiger partial charge on any atom is 0.255 e. The first-order valence-corrected chi connectivity index (χ1v) is 23.2. The van der Waals surface area contributed by atoms with E-state index < -0.39 is 29.7 Å². The molecular formula is C47H49FN10O6S. The van der Waals surface area contributed by atoms with Crippen molar-refractivity contribution in [2.45, 2.75) is 88.6 Å². The molecule has 10 rings (SSSR count). The van der Waals surface area contributed by atoms with E-state index in [4.69, 9.17) is 4.74 Å². The van der Waals surface area contributed by atoms with E-state index in [1.165, 1.54) is 22.3 Å². The number of thiazole rings is 1. The van der Waals surface area contributed by atoms with Crippen LogP contribution in [0.1, 0.15) is 89.9 Å². The Bertz CT molecular complexity index is 2610. The van der Waals surface area contributed by atoms with Gasteiger partial charge in [-0.15, -0.1) is 11.3 Å². The molecule has 5 amide bonds. The zero-order valence-electron chi connectivity index (χ0n) is 35.7. The highest BCUT2D eigenvalue weighted by Gasteiger charge is 2.42. The highest BCUT2D eigenvalue weighted by Crippen LogP contribution is 2.38. The number of anilines is 2. The molecule has 2 aromatic carbocycles. The number of fused-ring (bicyclic) bond motifs is 2. The Hall–Kier alpha value is -6.53. The van der Waals surface area contributed by atoms with Crippen LogP contribution in [0.2, 0.25) is 0 Å². The zero-order chi connectivity index (χ0) is 44.6. The normalized spacial score (nSPS) is 19.8. The summed E-state index contributed by atoms with van der Waals surface area (Å²) in [6, 6.07) is 12.9. The predicted molar refractivity (Wildman–Crippen MR) is 238 cm³/mol. The van der Waals surface area contributed by atoms with Gasteiger partial charge in [-0.1, -0.05) is 12.1 Å². The van der Waals surface area contributed by atoms with Crippen LogP contribution < -0.4 is 20.7 Å². The maximum absolute atomic E-state index is 15.9. The maximum atomic E-state index is 15.9. The topological polar surface area (TPSA) is 184 Å². The number of imidazole rings is 1. The molecule has 3 fully saturated rings. The van der Waals surface area contributed by atoms with Crippen LogP contribution in [0.15, 0.2) is 72.6 Å². The fraction of sp³-hybridized carbons (Fsp3) is 0.404. The van der Waals surface area contributed by atoms with E-state index in [1.54, 1.807) is 30.2 Å². The van der Waals surface area contributed by atoms with Crippen LogP contribution in [0.4, 0.5) is 15.2 Å². The Morgan fingerprint density at radius 3 is 2.46 bits per heavy atom. The number of hydrogen-bond acceptors (Lipinski definition) is 12. The molecule has 0 saturated carbocycles. The third-order valence-electron chi connectivity index (χ3n) is 13.3. The lowest BCUT2D eigenvalue weighted by Gasteiger charge is -2.35. The molecule has 8 heterocycles. The molecule has 0 radical (unpaired) electrons. The number of halogens is 1. The van der Waals surface area contributed by atoms with Crippen molar-refractivity contribution in [3.05, 3.63) is 107 Å². The minimum Gasteiger partial charge on any atom is -0.490 e. The Morgan fingerprint density at radius 2 is 1.72 bits per heavy atom. The number of aromatic nitrogens is 4. The predicted octanol–water partition coefficient (Wildman–Crippen LogP) is 5.29. The number of piperidine rings is 3. The monoisotopic (exact) mass is 900 g/mol. The second kappa shape index (κ2) is 18.2. The number of aryl methyl sites for hydroxylation is 1. The summed E-state index contributed by atoms with van der Waals surface area (Å²) < 4.78 is 24.3. The summed E-state index contributed by atoms with van der Waals surface area (Å²) in [7, 11) is 0. The van der Waals surface area contributed by atoms with Gasteiger partial charge in [0.15, 0.2) is 11.2 Å². The van der Waals surface area contributed by atoms with Crippen molar-refractivity contribution in [2.75, 3.05) is 43.4 Å². The van der Waals surface area contributed by atoms with Gasteiger partial charge in [-0.05, 0) is 92.7 Å². The van der Waals surface area contributed by atoms with E-state index in [9.17, 15) is 24.0 Å². The number of rotatable bonds is 12. The number of carbonyl (C=O) groups excluding carboxylic acids is 5. The molecule has 3 saturated heterocycles. The van der Waals surface area contributed by atoms with E-state index in [1.807, 2.05) is 45.9 Å². The first kappa shape index (κ1) is 42.4. The molecular weight excluding hydrogens is 852 g/mol. The molecule has 65 heavy (non-hydrogen) atoms. The molecule has 18 heteroatoms. The van der Waals surface area contributed by atoms with E-state index in [2.05, 4.69) is 35.8 Å². The van der Waals surface area contributed by atoms with Gasteiger partial charge in [0, 0.05) is 78.9 Å². The Balaban J connectivity index is 0.702. The van der Waals surface area contributed by atoms with Crippen molar-refractivity contribution in [1.82, 2.24) is 39.5 Å². The second-order valence-electron chi connectivity index (χ2n) is 17.4. The number of benzene rings is 2. The van der Waals surface area contributed by atoms with Crippen molar-refractivity contribution in [2.24, 2.45) is 0 Å². The van der Waals surface area contributed by atoms with E-state index in [0.29, 0.717) is 78.9 Å². The van der Waals surface area contributed by atoms with Crippen LogP contribution in [0.25, 0.3) is 11.1 Å². The average molecular weight is 901 g/mol. The van der Waals surface area contributed by atoms with Crippen molar-refractivity contribution in [3.63, 3.8) is 0 Å². The van der Waals surface area contributed by atoms with Crippen LogP contribution in [0.5, 0.6) is 5.75 Å². The highest BCUT2D eigenvalue weighted by molar-refractivity contribution is 7.13. The highest BCUT2D eigenvalue weighted by atomic mass is 32.1. The quantitative estimate of drug-likeness (QED) is 0.138.